The number of hydrogen-bond donors (Lipinski definition) is 10. The number of hydrogen-bond acceptors (Lipinski definition) is 20. The maximum atomic E-state index is 14.9. The van der Waals surface area contributed by atoms with Gasteiger partial charge in [-0.15, -0.1) is 0 Å². The molecule has 554 valence electrons. The van der Waals surface area contributed by atoms with Crippen molar-refractivity contribution in [3.05, 3.63) is 117 Å². The number of esters is 1. The minimum atomic E-state index is -0.665. The molecule has 0 radical (unpaired) electrons. The average Bonchev–Trinajstić information content (AvgIpc) is 0.821. The summed E-state index contributed by atoms with van der Waals surface area (Å²) in [5, 5.41) is 29.8. The van der Waals surface area contributed by atoms with E-state index in [4.69, 9.17) is 23.7 Å². The molecule has 12 bridgehead atoms. The van der Waals surface area contributed by atoms with E-state index in [1.807, 2.05) is 21.6 Å². The molecule has 10 amide bonds. The number of carbonyl (C=O) groups is 11. The third-order valence-electron chi connectivity index (χ3n) is 17.7. The number of carbonyl (C=O) groups excluding carboxylic acids is 11. The number of unbranched alkanes of at least 4 members (excludes halogenated alkanes) is 2. The first kappa shape index (κ1) is 79.4. The van der Waals surface area contributed by atoms with E-state index >= 15 is 0 Å². The Balaban J connectivity index is 1.38. The van der Waals surface area contributed by atoms with Crippen molar-refractivity contribution in [3.8, 4) is 23.0 Å². The Morgan fingerprint density at radius 3 is 1.12 bits per heavy atom. The minimum absolute atomic E-state index is 0.000936. The molecular weight excluding hydrogens is 1320 g/mol. The predicted molar refractivity (Wildman–Crippen MR) is 380 cm³/mol. The van der Waals surface area contributed by atoms with Crippen LogP contribution in [0.1, 0.15) is 158 Å². The van der Waals surface area contributed by atoms with Crippen LogP contribution >= 0.6 is 0 Å². The van der Waals surface area contributed by atoms with Gasteiger partial charge in [0.15, 0.2) is 0 Å². The van der Waals surface area contributed by atoms with Crippen LogP contribution in [0.3, 0.4) is 0 Å². The Hall–Kier alpha value is -9.91. The molecule has 3 atom stereocenters. The van der Waals surface area contributed by atoms with Crippen LogP contribution in [0.5, 0.6) is 23.0 Å². The van der Waals surface area contributed by atoms with Crippen LogP contribution in [0.25, 0.3) is 0 Å². The van der Waals surface area contributed by atoms with Gasteiger partial charge >= 0.3 is 5.97 Å². The van der Waals surface area contributed by atoms with E-state index in [0.29, 0.717) is 38.6 Å². The smallest absolute Gasteiger partial charge is 0.305 e. The number of amides is 10. The van der Waals surface area contributed by atoms with Gasteiger partial charge in [0.05, 0.1) is 79.6 Å². The van der Waals surface area contributed by atoms with Crippen molar-refractivity contribution in [2.24, 2.45) is 0 Å². The lowest BCUT2D eigenvalue weighted by Gasteiger charge is -2.36. The van der Waals surface area contributed by atoms with Gasteiger partial charge in [-0.3, -0.25) is 72.3 Å². The van der Waals surface area contributed by atoms with Crippen molar-refractivity contribution in [3.63, 3.8) is 0 Å². The van der Waals surface area contributed by atoms with Crippen molar-refractivity contribution in [2.75, 3.05) is 172 Å². The Bertz CT molecular complexity index is 3480. The van der Waals surface area contributed by atoms with E-state index in [9.17, 15) is 52.7 Å². The molecule has 8 rings (SSSR count). The van der Waals surface area contributed by atoms with Gasteiger partial charge in [-0.1, -0.05) is 38.0 Å². The van der Waals surface area contributed by atoms with Crippen LogP contribution < -0.4 is 72.1 Å². The number of nitrogens with zero attached hydrogens (tertiary/aromatic N) is 4. The van der Waals surface area contributed by atoms with Crippen LogP contribution in [0, 0.1) is 0 Å². The largest absolute Gasteiger partial charge is 0.495 e. The summed E-state index contributed by atoms with van der Waals surface area (Å²) in [6, 6.07) is 16.4. The molecule has 0 spiro atoms. The summed E-state index contributed by atoms with van der Waals surface area (Å²) in [6.07, 6.45) is 3.38. The Morgan fingerprint density at radius 1 is 0.412 bits per heavy atom. The van der Waals surface area contributed by atoms with Crippen LogP contribution in [0.4, 0.5) is 0 Å². The Labute approximate surface area is 595 Å². The second-order valence-corrected chi connectivity index (χ2v) is 24.6. The van der Waals surface area contributed by atoms with Crippen LogP contribution in [-0.4, -0.2) is 263 Å². The lowest BCUT2D eigenvalue weighted by Crippen LogP contribution is -2.51. The van der Waals surface area contributed by atoms with Crippen LogP contribution in [0.15, 0.2) is 66.7 Å². The quantitative estimate of drug-likeness (QED) is 0.0502. The first-order chi connectivity index (χ1) is 49.4. The van der Waals surface area contributed by atoms with E-state index in [1.165, 1.54) is 40.6 Å². The lowest BCUT2D eigenvalue weighted by molar-refractivity contribution is -0.143. The molecular formula is C72H100N14O16. The second kappa shape index (κ2) is 41.7. The first-order valence-corrected chi connectivity index (χ1v) is 35.0. The molecule has 4 aliphatic heterocycles. The number of nitrogens with one attached hydrogen (secondary N) is 10. The van der Waals surface area contributed by atoms with Crippen molar-refractivity contribution in [1.82, 2.24) is 72.8 Å². The molecule has 0 fully saturated rings. The predicted octanol–water partition coefficient (Wildman–Crippen LogP) is 1.83. The zero-order chi connectivity index (χ0) is 73.3. The Kier molecular flexibility index (Phi) is 32.5. The van der Waals surface area contributed by atoms with Gasteiger partial charge in [0.2, 0.25) is 5.91 Å². The highest BCUT2D eigenvalue weighted by Gasteiger charge is 2.30. The normalized spacial score (nSPS) is 19.8. The topological polar surface area (TPSA) is 367 Å². The van der Waals surface area contributed by atoms with E-state index in [-0.39, 0.29) is 229 Å². The van der Waals surface area contributed by atoms with Gasteiger partial charge in [-0.2, -0.15) is 0 Å². The number of fused-ring (bicyclic) bond motifs is 16. The minimum Gasteiger partial charge on any atom is -0.495 e. The molecule has 30 nitrogen and oxygen atoms in total. The molecule has 4 aromatic rings. The van der Waals surface area contributed by atoms with Crippen molar-refractivity contribution in [2.45, 2.75) is 71.3 Å². The molecule has 3 unspecified atom stereocenters. The highest BCUT2D eigenvalue weighted by atomic mass is 16.5. The van der Waals surface area contributed by atoms with Gasteiger partial charge in [0.1, 0.15) is 23.0 Å². The van der Waals surface area contributed by atoms with E-state index in [2.05, 4.69) is 58.1 Å². The number of ether oxygens (including phenoxy) is 5. The molecule has 10 N–H and O–H groups in total. The SMILES string of the molecule is CCCCNC(=O)c1cc2c(OC)c(c1)C(=O)NCCN1CCNC(=O)c3cccc(c3OC)C(=O)NCCN(CCNC2=O)CCN2CCNC(=O)c3cccc(c3OC)C(=O)NCCN(CCNC(=O)c3cccc(c3OC)C(=O)NCC2)CC1CCCCNC(=O)CCCC(=O)OCC. The van der Waals surface area contributed by atoms with Gasteiger partial charge in [0.25, 0.3) is 53.2 Å². The molecule has 0 aromatic heterocycles. The summed E-state index contributed by atoms with van der Waals surface area (Å²) >= 11 is 0. The Morgan fingerprint density at radius 2 is 0.755 bits per heavy atom. The molecule has 0 saturated carbocycles. The molecule has 4 aliphatic rings. The fourth-order valence-corrected chi connectivity index (χ4v) is 12.4. The molecule has 4 aromatic carbocycles. The summed E-state index contributed by atoms with van der Waals surface area (Å²) in [6.45, 7) is 6.93. The summed E-state index contributed by atoms with van der Waals surface area (Å²) in [5.41, 5.74) is 0.422. The fourth-order valence-electron chi connectivity index (χ4n) is 12.4. The standard InChI is InChI=1S/C72H100N14O16/c1-7-9-25-74-64(89)48-45-56-63(101-6)57(46-48)72(97)82-34-42-86-41-33-81-70(95)55-22-14-19-52(62(55)100-5)67(92)77-29-37-84(38-30-80-71(56)96)44-43-83-35-27-75-65(90)50-17-12-20-53(60(50)98-3)68(93)78-31-39-85(47-49(86)16-10-11-26-73-58(87)23-15-24-59(88)102-8-2)40-32-79-69(94)54-21-13-18-51(61(54)99-4)66(91)76-28-36-83/h12-14,17-22,45-46,49H,7-11,15-16,23-44,47H2,1-6H3,(H,73,87)(H,74,89)(H,75,90)(H,76,91)(H,77,92)(H,78,93)(H,79,94)(H,80,96)(H,81,95)(H,82,97). The van der Waals surface area contributed by atoms with Crippen LogP contribution in [-0.2, 0) is 14.3 Å². The summed E-state index contributed by atoms with van der Waals surface area (Å²) in [4.78, 5) is 163. The van der Waals surface area contributed by atoms with Gasteiger partial charge < -0.3 is 76.9 Å². The number of rotatable bonds is 18. The third kappa shape index (κ3) is 23.3. The fraction of sp³-hybridized carbons (Fsp3) is 0.514. The molecule has 4 heterocycles. The number of para-hydroxylation sites is 3. The maximum Gasteiger partial charge on any atom is 0.305 e. The molecule has 102 heavy (non-hydrogen) atoms. The monoisotopic (exact) mass is 1420 g/mol. The van der Waals surface area contributed by atoms with Crippen molar-refractivity contribution < 1.29 is 76.4 Å². The van der Waals surface area contributed by atoms with E-state index in [1.54, 1.807) is 61.5 Å². The van der Waals surface area contributed by atoms with Gasteiger partial charge in [-0.25, -0.2) is 0 Å². The molecule has 0 saturated heterocycles. The lowest BCUT2D eigenvalue weighted by atomic mass is 10.0. The highest BCUT2D eigenvalue weighted by molar-refractivity contribution is 6.09. The van der Waals surface area contributed by atoms with Crippen molar-refractivity contribution >= 4 is 65.0 Å². The summed E-state index contributed by atoms with van der Waals surface area (Å²) < 4.78 is 28.3. The van der Waals surface area contributed by atoms with Crippen molar-refractivity contribution in [1.29, 1.82) is 0 Å². The average molecular weight is 1420 g/mol. The number of methoxy groups -OCH3 is 4. The highest BCUT2D eigenvalue weighted by Crippen LogP contribution is 2.29. The maximum absolute atomic E-state index is 14.9. The summed E-state index contributed by atoms with van der Waals surface area (Å²) in [7, 11) is 5.43. The zero-order valence-corrected chi connectivity index (χ0v) is 59.5. The van der Waals surface area contributed by atoms with Crippen LogP contribution in [0.2, 0.25) is 0 Å². The molecule has 0 aliphatic carbocycles. The third-order valence-corrected chi connectivity index (χ3v) is 17.7. The zero-order valence-electron chi connectivity index (χ0n) is 59.5. The second-order valence-electron chi connectivity index (χ2n) is 24.6. The first-order valence-electron chi connectivity index (χ1n) is 35.0. The van der Waals surface area contributed by atoms with Gasteiger partial charge in [0, 0.05) is 162 Å². The summed E-state index contributed by atoms with van der Waals surface area (Å²) in [5.74, 6) is -5.63. The van der Waals surface area contributed by atoms with E-state index < -0.39 is 65.2 Å². The molecule has 30 heteroatoms. The number of benzene rings is 4. The van der Waals surface area contributed by atoms with Gasteiger partial charge in [-0.05, 0) is 81.1 Å². The van der Waals surface area contributed by atoms with E-state index in [0.717, 1.165) is 6.42 Å².